The first-order valence-corrected chi connectivity index (χ1v) is 6.40. The number of benzene rings is 2. The van der Waals surface area contributed by atoms with E-state index in [0.29, 0.717) is 15.7 Å². The standard InChI is InChI=1S/C14H12Cl2N2O/c15-10-7-4-8-11(12(10)16)18-14(19)13(17)9-5-2-1-3-6-9/h1-8,13H,17H2,(H,18,19)/t13-/m1/s1. The highest BCUT2D eigenvalue weighted by atomic mass is 35.5. The molecule has 1 atom stereocenters. The third-order valence-corrected chi connectivity index (χ3v) is 3.47. The third kappa shape index (κ3) is 3.26. The highest BCUT2D eigenvalue weighted by Crippen LogP contribution is 2.30. The minimum absolute atomic E-state index is 0.303. The molecular weight excluding hydrogens is 283 g/mol. The number of anilines is 1. The maximum absolute atomic E-state index is 12.0. The van der Waals surface area contributed by atoms with Gasteiger partial charge in [-0.15, -0.1) is 0 Å². The van der Waals surface area contributed by atoms with E-state index in [-0.39, 0.29) is 5.91 Å². The molecule has 0 saturated heterocycles. The lowest BCUT2D eigenvalue weighted by atomic mass is 10.1. The molecule has 0 radical (unpaired) electrons. The molecule has 0 saturated carbocycles. The molecule has 2 rings (SSSR count). The Morgan fingerprint density at radius 1 is 1.05 bits per heavy atom. The summed E-state index contributed by atoms with van der Waals surface area (Å²) < 4.78 is 0. The zero-order chi connectivity index (χ0) is 13.8. The van der Waals surface area contributed by atoms with E-state index in [2.05, 4.69) is 5.32 Å². The van der Waals surface area contributed by atoms with Crippen LogP contribution in [0.2, 0.25) is 10.0 Å². The molecule has 0 unspecified atom stereocenters. The number of nitrogens with two attached hydrogens (primary N) is 1. The van der Waals surface area contributed by atoms with Crippen molar-refractivity contribution in [2.45, 2.75) is 6.04 Å². The molecule has 0 spiro atoms. The number of hydrogen-bond donors (Lipinski definition) is 2. The van der Waals surface area contributed by atoms with Crippen LogP contribution in [0.4, 0.5) is 5.69 Å². The van der Waals surface area contributed by atoms with Crippen LogP contribution >= 0.6 is 23.2 Å². The van der Waals surface area contributed by atoms with Gasteiger partial charge in [0.2, 0.25) is 5.91 Å². The number of carbonyl (C=O) groups excluding carboxylic acids is 1. The first-order chi connectivity index (χ1) is 9.09. The fourth-order valence-corrected chi connectivity index (χ4v) is 1.97. The highest BCUT2D eigenvalue weighted by molar-refractivity contribution is 6.44. The van der Waals surface area contributed by atoms with Crippen molar-refractivity contribution in [3.05, 3.63) is 64.1 Å². The fourth-order valence-electron chi connectivity index (χ4n) is 1.62. The van der Waals surface area contributed by atoms with E-state index < -0.39 is 6.04 Å². The summed E-state index contributed by atoms with van der Waals surface area (Å²) in [5.41, 5.74) is 7.07. The maximum Gasteiger partial charge on any atom is 0.245 e. The van der Waals surface area contributed by atoms with Crippen molar-refractivity contribution in [2.24, 2.45) is 5.73 Å². The quantitative estimate of drug-likeness (QED) is 0.908. The summed E-state index contributed by atoms with van der Waals surface area (Å²) in [5.74, 6) is -0.338. The van der Waals surface area contributed by atoms with Crippen LogP contribution in [0.1, 0.15) is 11.6 Å². The molecule has 0 aromatic heterocycles. The van der Waals surface area contributed by atoms with Gasteiger partial charge in [-0.25, -0.2) is 0 Å². The summed E-state index contributed by atoms with van der Waals surface area (Å²) >= 11 is 11.9. The molecule has 0 bridgehead atoms. The molecule has 0 aliphatic rings. The van der Waals surface area contributed by atoms with Gasteiger partial charge < -0.3 is 11.1 Å². The molecule has 19 heavy (non-hydrogen) atoms. The summed E-state index contributed by atoms with van der Waals surface area (Å²) in [6.07, 6.45) is 0. The van der Waals surface area contributed by atoms with Gasteiger partial charge in [-0.2, -0.15) is 0 Å². The SMILES string of the molecule is N[C@@H](C(=O)Nc1cccc(Cl)c1Cl)c1ccccc1. The van der Waals surface area contributed by atoms with Gasteiger partial charge in [-0.05, 0) is 17.7 Å². The van der Waals surface area contributed by atoms with Crippen molar-refractivity contribution in [3.8, 4) is 0 Å². The minimum Gasteiger partial charge on any atom is -0.323 e. The van der Waals surface area contributed by atoms with Crippen LogP contribution in [0.5, 0.6) is 0 Å². The fraction of sp³-hybridized carbons (Fsp3) is 0.0714. The van der Waals surface area contributed by atoms with Crippen LogP contribution in [-0.4, -0.2) is 5.91 Å². The number of carbonyl (C=O) groups is 1. The number of halogens is 2. The first-order valence-electron chi connectivity index (χ1n) is 5.65. The number of nitrogens with one attached hydrogen (secondary N) is 1. The zero-order valence-electron chi connectivity index (χ0n) is 9.94. The third-order valence-electron chi connectivity index (χ3n) is 2.65. The van der Waals surface area contributed by atoms with Gasteiger partial charge >= 0.3 is 0 Å². The van der Waals surface area contributed by atoms with Gasteiger partial charge in [0.1, 0.15) is 6.04 Å². The lowest BCUT2D eigenvalue weighted by Crippen LogP contribution is -2.27. The Morgan fingerprint density at radius 3 is 2.42 bits per heavy atom. The Balaban J connectivity index is 2.15. The monoisotopic (exact) mass is 294 g/mol. The second-order valence-electron chi connectivity index (χ2n) is 3.98. The highest BCUT2D eigenvalue weighted by Gasteiger charge is 2.17. The molecule has 0 heterocycles. The summed E-state index contributed by atoms with van der Waals surface area (Å²) in [5, 5.41) is 3.35. The second kappa shape index (κ2) is 6.06. The Hall–Kier alpha value is -1.55. The minimum atomic E-state index is -0.753. The predicted octanol–water partition coefficient (Wildman–Crippen LogP) is 3.63. The van der Waals surface area contributed by atoms with Gasteiger partial charge in [0.15, 0.2) is 0 Å². The summed E-state index contributed by atoms with van der Waals surface area (Å²) in [6, 6.07) is 13.4. The Morgan fingerprint density at radius 2 is 1.74 bits per heavy atom. The number of hydrogen-bond acceptors (Lipinski definition) is 2. The molecule has 0 aliphatic carbocycles. The molecule has 5 heteroatoms. The first kappa shape index (κ1) is 13.9. The predicted molar refractivity (Wildman–Crippen MR) is 78.5 cm³/mol. The molecule has 3 N–H and O–H groups in total. The zero-order valence-corrected chi connectivity index (χ0v) is 11.4. The second-order valence-corrected chi connectivity index (χ2v) is 4.76. The maximum atomic E-state index is 12.0. The van der Waals surface area contributed by atoms with Crippen molar-refractivity contribution < 1.29 is 4.79 Å². The molecule has 2 aromatic rings. The summed E-state index contributed by atoms with van der Waals surface area (Å²) in [4.78, 5) is 12.0. The van der Waals surface area contributed by atoms with Crippen LogP contribution in [0.25, 0.3) is 0 Å². The molecule has 0 fully saturated rings. The van der Waals surface area contributed by atoms with E-state index in [1.54, 1.807) is 30.3 Å². The smallest absolute Gasteiger partial charge is 0.245 e. The normalized spacial score (nSPS) is 11.9. The Labute approximate surface area is 121 Å². The van der Waals surface area contributed by atoms with E-state index >= 15 is 0 Å². The van der Waals surface area contributed by atoms with Crippen LogP contribution < -0.4 is 11.1 Å². The van der Waals surface area contributed by atoms with Gasteiger partial charge in [0, 0.05) is 0 Å². The van der Waals surface area contributed by atoms with Crippen molar-refractivity contribution in [2.75, 3.05) is 5.32 Å². The van der Waals surface area contributed by atoms with E-state index in [9.17, 15) is 4.79 Å². The van der Waals surface area contributed by atoms with Crippen LogP contribution in [-0.2, 0) is 4.79 Å². The Bertz CT molecular complexity index is 587. The lowest BCUT2D eigenvalue weighted by molar-refractivity contribution is -0.117. The molecule has 98 valence electrons. The van der Waals surface area contributed by atoms with Crippen LogP contribution in [0, 0.1) is 0 Å². The van der Waals surface area contributed by atoms with Crippen molar-refractivity contribution in [3.63, 3.8) is 0 Å². The van der Waals surface area contributed by atoms with Crippen molar-refractivity contribution in [1.82, 2.24) is 0 Å². The average Bonchev–Trinajstić information content (AvgIpc) is 2.44. The van der Waals surface area contributed by atoms with Crippen LogP contribution in [0.3, 0.4) is 0 Å². The van der Waals surface area contributed by atoms with Gasteiger partial charge in [0.25, 0.3) is 0 Å². The molecule has 2 aromatic carbocycles. The molecule has 0 aliphatic heterocycles. The van der Waals surface area contributed by atoms with Gasteiger partial charge in [-0.3, -0.25) is 4.79 Å². The lowest BCUT2D eigenvalue weighted by Gasteiger charge is -2.13. The van der Waals surface area contributed by atoms with Gasteiger partial charge in [-0.1, -0.05) is 59.6 Å². The van der Waals surface area contributed by atoms with Gasteiger partial charge in [0.05, 0.1) is 15.7 Å². The largest absolute Gasteiger partial charge is 0.323 e. The van der Waals surface area contributed by atoms with E-state index in [0.717, 1.165) is 5.56 Å². The number of amides is 1. The van der Waals surface area contributed by atoms with Crippen molar-refractivity contribution >= 4 is 34.8 Å². The van der Waals surface area contributed by atoms with E-state index in [4.69, 9.17) is 28.9 Å². The number of rotatable bonds is 3. The molecular formula is C14H12Cl2N2O. The summed E-state index contributed by atoms with van der Waals surface area (Å²) in [6.45, 7) is 0. The van der Waals surface area contributed by atoms with Crippen LogP contribution in [0.15, 0.2) is 48.5 Å². The molecule has 1 amide bonds. The van der Waals surface area contributed by atoms with E-state index in [1.165, 1.54) is 0 Å². The Kier molecular flexibility index (Phi) is 4.43. The topological polar surface area (TPSA) is 55.1 Å². The van der Waals surface area contributed by atoms with Crippen molar-refractivity contribution in [1.29, 1.82) is 0 Å². The van der Waals surface area contributed by atoms with E-state index in [1.807, 2.05) is 18.2 Å². The molecule has 3 nitrogen and oxygen atoms in total. The average molecular weight is 295 g/mol. The summed E-state index contributed by atoms with van der Waals surface area (Å²) in [7, 11) is 0.